The van der Waals surface area contributed by atoms with E-state index in [1.165, 1.54) is 17.0 Å². The predicted molar refractivity (Wildman–Crippen MR) is 305 cm³/mol. The van der Waals surface area contributed by atoms with E-state index in [1.54, 1.807) is 56.0 Å². The van der Waals surface area contributed by atoms with Gasteiger partial charge in [0.1, 0.15) is 30.0 Å². The number of hydrogen-bond acceptors (Lipinski definition) is 12. The van der Waals surface area contributed by atoms with Crippen molar-refractivity contribution in [3.8, 4) is 17.6 Å². The minimum Gasteiger partial charge on any atom is -0.484 e. The van der Waals surface area contributed by atoms with E-state index in [0.29, 0.717) is 34.5 Å². The van der Waals surface area contributed by atoms with Gasteiger partial charge in [-0.15, -0.1) is 11.3 Å². The third-order valence-corrected chi connectivity index (χ3v) is 17.5. The van der Waals surface area contributed by atoms with E-state index in [-0.39, 0.29) is 85.3 Å². The van der Waals surface area contributed by atoms with Crippen molar-refractivity contribution >= 4 is 76.3 Å². The van der Waals surface area contributed by atoms with Gasteiger partial charge in [-0.2, -0.15) is 8.78 Å². The molecule has 84 heavy (non-hydrogen) atoms. The zero-order valence-electron chi connectivity index (χ0n) is 46.6. The first-order valence-corrected chi connectivity index (χ1v) is 30.3. The molecule has 4 aliphatic rings. The molecule has 23 heteroatoms. The summed E-state index contributed by atoms with van der Waals surface area (Å²) in [7, 11) is -5.86. The lowest BCUT2D eigenvalue weighted by molar-refractivity contribution is -0.153. The molecule has 8 amide bonds. The number of morpholine rings is 1. The maximum atomic E-state index is 15.1. The van der Waals surface area contributed by atoms with Gasteiger partial charge in [0, 0.05) is 54.7 Å². The van der Waals surface area contributed by atoms with Crippen molar-refractivity contribution in [2.75, 3.05) is 32.8 Å². The van der Waals surface area contributed by atoms with Gasteiger partial charge in [0.15, 0.2) is 6.61 Å². The van der Waals surface area contributed by atoms with Gasteiger partial charge in [-0.05, 0) is 95.3 Å². The van der Waals surface area contributed by atoms with Gasteiger partial charge in [0.05, 0.1) is 29.2 Å². The summed E-state index contributed by atoms with van der Waals surface area (Å²) in [5.74, 6) is 2.45. The number of alkyl halides is 2. The topological polar surface area (TPSA) is 258 Å². The van der Waals surface area contributed by atoms with Gasteiger partial charge in [-0.3, -0.25) is 53.1 Å². The average Bonchev–Trinajstić information content (AvgIpc) is 1.74. The Labute approximate surface area is 488 Å². The van der Waals surface area contributed by atoms with Crippen LogP contribution in [0.3, 0.4) is 0 Å². The van der Waals surface area contributed by atoms with Crippen LogP contribution >= 0.6 is 18.9 Å². The number of nitrogens with zero attached hydrogens (tertiary/aromatic N) is 3. The molecule has 4 atom stereocenters. The SMILES string of the molecule is CC(C)(C)[C@H](NC(=O)c1cc2cc(C(F)(F)P(=O)(O)O)ccc2s1)C(=O)N1Cc2cc(OCC(=O)NCCCCCCCCC#Cc3ccc4c(c3)C(=O)N(C3CCC(=O)NC3=O)C4=O)ccc2C[C@H]1C(=O)N1CCOC(c2ccccc2)C1. The minimum absolute atomic E-state index is 0.0423. The largest absolute Gasteiger partial charge is 0.484 e. The van der Waals surface area contributed by atoms with Crippen LogP contribution in [0.1, 0.15) is 143 Å². The summed E-state index contributed by atoms with van der Waals surface area (Å²) in [5.41, 5.74) is -2.99. The second kappa shape index (κ2) is 25.7. The van der Waals surface area contributed by atoms with E-state index in [1.807, 2.05) is 36.4 Å². The number of fused-ring (bicyclic) bond motifs is 3. The minimum atomic E-state index is -5.86. The summed E-state index contributed by atoms with van der Waals surface area (Å²) in [6, 6.07) is 20.7. The Hall–Kier alpha value is -7.67. The van der Waals surface area contributed by atoms with Gasteiger partial charge in [0.25, 0.3) is 23.6 Å². The summed E-state index contributed by atoms with van der Waals surface area (Å²) < 4.78 is 53.4. The normalized spacial score (nSPS) is 18.6. The molecule has 1 aromatic heterocycles. The summed E-state index contributed by atoms with van der Waals surface area (Å²) in [6.45, 7) is 6.20. The number of unbranched alkanes of at least 4 members (excludes halogenated alkanes) is 6. The Bertz CT molecular complexity index is 3520. The Morgan fingerprint density at radius 3 is 2.36 bits per heavy atom. The second-order valence-corrected chi connectivity index (χ2v) is 25.1. The number of carbonyl (C=O) groups is 8. The van der Waals surface area contributed by atoms with Gasteiger partial charge in [-0.25, -0.2) is 0 Å². The number of halogens is 2. The van der Waals surface area contributed by atoms with E-state index < -0.39 is 83.9 Å². The average molecular weight is 1190 g/mol. The zero-order chi connectivity index (χ0) is 60.1. The van der Waals surface area contributed by atoms with Crippen LogP contribution in [0.2, 0.25) is 0 Å². The van der Waals surface area contributed by atoms with Gasteiger partial charge in [0.2, 0.25) is 23.6 Å². The Balaban J connectivity index is 0.772. The van der Waals surface area contributed by atoms with Crippen molar-refractivity contribution in [3.05, 3.63) is 135 Å². The quantitative estimate of drug-likeness (QED) is 0.0233. The molecule has 5 aromatic rings. The van der Waals surface area contributed by atoms with Crippen LogP contribution in [0.4, 0.5) is 8.78 Å². The van der Waals surface area contributed by atoms with Gasteiger partial charge in [-0.1, -0.05) is 101 Å². The lowest BCUT2D eigenvalue weighted by Crippen LogP contribution is -2.61. The van der Waals surface area contributed by atoms with E-state index in [4.69, 9.17) is 9.47 Å². The molecule has 19 nitrogen and oxygen atoms in total. The molecule has 0 saturated carbocycles. The van der Waals surface area contributed by atoms with Crippen molar-refractivity contribution in [2.24, 2.45) is 5.41 Å². The molecular weight excluding hydrogens is 1130 g/mol. The molecule has 5 N–H and O–H groups in total. The molecule has 0 radical (unpaired) electrons. The lowest BCUT2D eigenvalue weighted by atomic mass is 9.84. The highest BCUT2D eigenvalue weighted by Crippen LogP contribution is 2.59. The fourth-order valence-electron chi connectivity index (χ4n) is 10.7. The number of amides is 8. The number of rotatable bonds is 19. The highest BCUT2D eigenvalue weighted by atomic mass is 32.1. The van der Waals surface area contributed by atoms with Crippen molar-refractivity contribution in [1.82, 2.24) is 30.7 Å². The third-order valence-electron chi connectivity index (χ3n) is 15.4. The van der Waals surface area contributed by atoms with Crippen molar-refractivity contribution in [3.63, 3.8) is 0 Å². The number of imide groups is 2. The van der Waals surface area contributed by atoms with Crippen molar-refractivity contribution in [1.29, 1.82) is 0 Å². The molecule has 4 aliphatic heterocycles. The summed E-state index contributed by atoms with van der Waals surface area (Å²) in [6.07, 6.45) is 5.89. The molecule has 0 bridgehead atoms. The van der Waals surface area contributed by atoms with Crippen LogP contribution in [0.25, 0.3) is 10.1 Å². The molecule has 2 fully saturated rings. The summed E-state index contributed by atoms with van der Waals surface area (Å²) in [4.78, 5) is 130. The lowest BCUT2D eigenvalue weighted by Gasteiger charge is -2.43. The number of benzene rings is 4. The first-order chi connectivity index (χ1) is 40.0. The Morgan fingerprint density at radius 2 is 1.62 bits per heavy atom. The molecular formula is C61H65F2N6O13PS. The number of nitrogens with one attached hydrogen (secondary N) is 3. The summed E-state index contributed by atoms with van der Waals surface area (Å²) >= 11 is 0.951. The predicted octanol–water partition coefficient (Wildman–Crippen LogP) is 7.51. The smallest absolute Gasteiger partial charge is 0.399 e. The number of thiophene rings is 1. The number of hydrogen-bond donors (Lipinski definition) is 5. The van der Waals surface area contributed by atoms with Crippen LogP contribution in [0.5, 0.6) is 5.75 Å². The molecule has 9 rings (SSSR count). The monoisotopic (exact) mass is 1190 g/mol. The zero-order valence-corrected chi connectivity index (χ0v) is 48.3. The van der Waals surface area contributed by atoms with Crippen LogP contribution < -0.4 is 20.7 Å². The first-order valence-electron chi connectivity index (χ1n) is 27.9. The fourth-order valence-corrected chi connectivity index (χ4v) is 12.2. The maximum Gasteiger partial charge on any atom is 0.399 e. The van der Waals surface area contributed by atoms with E-state index in [9.17, 15) is 56.7 Å². The van der Waals surface area contributed by atoms with E-state index >= 15 is 4.79 Å². The first kappa shape index (κ1) is 60.9. The van der Waals surface area contributed by atoms with E-state index in [2.05, 4.69) is 27.8 Å². The molecule has 5 heterocycles. The highest BCUT2D eigenvalue weighted by Gasteiger charge is 2.51. The van der Waals surface area contributed by atoms with Crippen molar-refractivity contribution < 1.29 is 71.0 Å². The molecule has 4 aromatic carbocycles. The summed E-state index contributed by atoms with van der Waals surface area (Å²) in [5, 5.41) is 8.10. The molecule has 0 aliphatic carbocycles. The van der Waals surface area contributed by atoms with Crippen LogP contribution in [-0.4, -0.2) is 123 Å². The second-order valence-electron chi connectivity index (χ2n) is 22.4. The standard InChI is InChI=1S/C61H65F2N6O13PS/c1-60(2,3)53(66-55(73)50-33-40-30-42(20-24-49(40)84-50)61(62,63)83(78,79)80)59(77)68-34-41-31-43(21-19-39(41)32-47(68)58(76)67-27-28-81-48(35-67)38-16-12-10-13-17-38)82-36-52(71)64-26-14-9-7-5-4-6-8-11-15-37-18-22-44-45(29-37)57(75)69(56(44)74)46-23-25-51(70)65-54(46)72/h10,12-13,16-22,24,29-31,33,46-48,53H,4-9,14,23,25-28,32,34-36H2,1-3H3,(H,64,71)(H,66,73)(H,65,70,72)(H2,78,79,80)/t46?,47-,48?,53+/m0/s1. The molecule has 0 spiro atoms. The van der Waals surface area contributed by atoms with E-state index in [0.717, 1.165) is 78.0 Å². The number of carbonyl (C=O) groups excluding carboxylic acids is 8. The molecule has 2 unspecified atom stereocenters. The Kier molecular flexibility index (Phi) is 18.6. The van der Waals surface area contributed by atoms with Crippen molar-refractivity contribution in [2.45, 2.75) is 121 Å². The molecule has 2 saturated heterocycles. The van der Waals surface area contributed by atoms with Crippen LogP contribution in [0, 0.1) is 17.3 Å². The number of piperidine rings is 1. The maximum absolute atomic E-state index is 15.1. The molecule has 442 valence electrons. The highest BCUT2D eigenvalue weighted by molar-refractivity contribution is 7.52. The fraction of sp³-hybridized carbons (Fsp3) is 0.410. The van der Waals surface area contributed by atoms with Crippen LogP contribution in [0.15, 0.2) is 91.0 Å². The number of ether oxygens (including phenoxy) is 2. The van der Waals surface area contributed by atoms with Gasteiger partial charge < -0.3 is 39.7 Å². The Morgan fingerprint density at radius 1 is 0.881 bits per heavy atom. The third kappa shape index (κ3) is 13.8. The van der Waals surface area contributed by atoms with Crippen LogP contribution in [-0.2, 0) is 51.9 Å². The van der Waals surface area contributed by atoms with Gasteiger partial charge >= 0.3 is 13.3 Å².